The van der Waals surface area contributed by atoms with Gasteiger partial charge < -0.3 is 0 Å². The van der Waals surface area contributed by atoms with Crippen LogP contribution >= 0.6 is 8.02 Å². The molecule has 0 unspecified atom stereocenters. The Morgan fingerprint density at radius 1 is 1.50 bits per heavy atom. The molecule has 0 aliphatic heterocycles. The van der Waals surface area contributed by atoms with Gasteiger partial charge in [-0.2, -0.15) is 0 Å². The van der Waals surface area contributed by atoms with E-state index in [2.05, 4.69) is 5.09 Å². The molecule has 0 heterocycles. The van der Waals surface area contributed by atoms with Crippen LogP contribution in [-0.2, 0) is 4.79 Å². The fourth-order valence-corrected chi connectivity index (χ4v) is 1.84. The first kappa shape index (κ1) is 11.1. The van der Waals surface area contributed by atoms with Crippen molar-refractivity contribution >= 4 is 14.3 Å². The number of nitrogens with one attached hydrogen (secondary N) is 1. The summed E-state index contributed by atoms with van der Waals surface area (Å²) in [6.45, 7) is -0.0218. The Bertz CT molecular complexity index is 292. The Labute approximate surface area is 82.5 Å². The summed E-state index contributed by atoms with van der Waals surface area (Å²) in [5, 5.41) is 2.44. The van der Waals surface area contributed by atoms with Crippen LogP contribution in [0.3, 0.4) is 0 Å². The summed E-state index contributed by atoms with van der Waals surface area (Å²) in [6, 6.07) is 8.70. The number of para-hydroxylation sites is 1. The van der Waals surface area contributed by atoms with E-state index in [4.69, 9.17) is 10.0 Å². The topological polar surface area (TPSA) is 84.6 Å². The Morgan fingerprint density at radius 2 is 2.14 bits per heavy atom. The van der Waals surface area contributed by atoms with Gasteiger partial charge in [0, 0.05) is 0 Å². The Balaban J connectivity index is 2.54. The normalized spacial score (nSPS) is 12.1. The van der Waals surface area contributed by atoms with Gasteiger partial charge >= 0.3 is 81.7 Å². The predicted octanol–water partition coefficient (Wildman–Crippen LogP) is 0.215. The summed E-state index contributed by atoms with van der Waals surface area (Å²) < 4.78 is 5.11. The second kappa shape index (κ2) is 5.02. The Morgan fingerprint density at radius 3 is 2.71 bits per heavy atom. The molecule has 0 aromatic heterocycles. The van der Waals surface area contributed by atoms with Crippen molar-refractivity contribution < 1.29 is 14.2 Å². The van der Waals surface area contributed by atoms with Crippen molar-refractivity contribution in [2.24, 2.45) is 5.50 Å². The van der Waals surface area contributed by atoms with Crippen LogP contribution in [0.1, 0.15) is 0 Å². The molecule has 4 N–H and O–H groups in total. The van der Waals surface area contributed by atoms with E-state index in [1.807, 2.05) is 6.07 Å². The first-order valence-electron chi connectivity index (χ1n) is 4.08. The second-order valence-electron chi connectivity index (χ2n) is 2.66. The number of rotatable bonds is 5. The van der Waals surface area contributed by atoms with E-state index in [1.165, 1.54) is 0 Å². The van der Waals surface area contributed by atoms with E-state index in [0.29, 0.717) is 12.0 Å². The summed E-state index contributed by atoms with van der Waals surface area (Å²) in [6.07, 6.45) is 0.610. The third-order valence-electron chi connectivity index (χ3n) is 1.46. The fraction of sp³-hybridized carbons (Fsp3) is 0.125. The zero-order valence-electron chi connectivity index (χ0n) is 7.51. The molecule has 0 radical (unpaired) electrons. The zero-order chi connectivity index (χ0) is 10.4. The van der Waals surface area contributed by atoms with Gasteiger partial charge in [-0.05, 0) is 0 Å². The summed E-state index contributed by atoms with van der Waals surface area (Å²) >= 11 is 0. The minimum absolute atomic E-state index is 0.0218. The number of benzene rings is 1. The van der Waals surface area contributed by atoms with Crippen molar-refractivity contribution in [3.8, 4) is 5.75 Å². The van der Waals surface area contributed by atoms with Crippen LogP contribution in [-0.4, -0.2) is 17.7 Å². The van der Waals surface area contributed by atoms with Gasteiger partial charge in [0.05, 0.1) is 0 Å². The van der Waals surface area contributed by atoms with Crippen LogP contribution < -0.4 is 15.1 Å². The third-order valence-corrected chi connectivity index (χ3v) is 2.71. The molecule has 14 heavy (non-hydrogen) atoms. The van der Waals surface area contributed by atoms with E-state index in [-0.39, 0.29) is 6.54 Å². The van der Waals surface area contributed by atoms with E-state index in [9.17, 15) is 9.69 Å². The minimum atomic E-state index is -3.45. The number of nitrogens with two attached hydrogens (primary N) is 1. The molecular weight excluding hydrogens is 203 g/mol. The average Bonchev–Trinajstić information content (AvgIpc) is 2.16. The Hall–Kier alpha value is -1.00. The van der Waals surface area contributed by atoms with Gasteiger partial charge in [-0.25, -0.2) is 0 Å². The van der Waals surface area contributed by atoms with Crippen molar-refractivity contribution in [3.05, 3.63) is 30.3 Å². The molecule has 0 bridgehead atoms. The van der Waals surface area contributed by atoms with E-state index in [0.717, 1.165) is 0 Å². The van der Waals surface area contributed by atoms with E-state index in [1.54, 1.807) is 24.3 Å². The summed E-state index contributed by atoms with van der Waals surface area (Å²) in [4.78, 5) is 19.6. The molecule has 0 aliphatic carbocycles. The third kappa shape index (κ3) is 3.81. The van der Waals surface area contributed by atoms with Crippen molar-refractivity contribution in [2.45, 2.75) is 0 Å². The molecule has 6 heteroatoms. The van der Waals surface area contributed by atoms with Gasteiger partial charge in [-0.1, -0.05) is 0 Å². The van der Waals surface area contributed by atoms with Crippen molar-refractivity contribution in [3.63, 3.8) is 0 Å². The first-order valence-corrected chi connectivity index (χ1v) is 6.01. The quantitative estimate of drug-likeness (QED) is 0.484. The van der Waals surface area contributed by atoms with Crippen molar-refractivity contribution in [2.75, 3.05) is 6.54 Å². The summed E-state index contributed by atoms with van der Waals surface area (Å²) in [7, 11) is -3.45. The van der Waals surface area contributed by atoms with Gasteiger partial charge in [0.1, 0.15) is 0 Å². The summed E-state index contributed by atoms with van der Waals surface area (Å²) in [5.41, 5.74) is 5.44. The number of carbonyl (C=O) groups is 1. The van der Waals surface area contributed by atoms with Crippen LogP contribution in [0.5, 0.6) is 5.75 Å². The molecule has 78 valence electrons. The molecule has 1 aromatic carbocycles. The maximum absolute atomic E-state index is 10.0. The van der Waals surface area contributed by atoms with Gasteiger partial charge in [0.15, 0.2) is 0 Å². The number of hydrogen-bond acceptors (Lipinski definition) is 5. The molecule has 0 fully saturated rings. The zero-order valence-corrected chi connectivity index (χ0v) is 8.51. The molecule has 0 atom stereocenters. The van der Waals surface area contributed by atoms with Crippen LogP contribution in [0.15, 0.2) is 30.3 Å². The predicted molar refractivity (Wildman–Crippen MR) is 55.9 cm³/mol. The number of carbonyl (C=O) groups excluding carboxylic acids is 1. The number of aldehydes is 1. The van der Waals surface area contributed by atoms with Gasteiger partial charge in [0.25, 0.3) is 0 Å². The van der Waals surface area contributed by atoms with Crippen LogP contribution in [0, 0.1) is 0 Å². The molecule has 1 aromatic rings. The molecule has 0 amide bonds. The maximum atomic E-state index is 10.0. The molecule has 0 aliphatic rings. The van der Waals surface area contributed by atoms with E-state index >= 15 is 0 Å². The molecule has 1 rings (SSSR count). The molecule has 5 nitrogen and oxygen atoms in total. The monoisotopic (exact) mass is 216 g/mol. The van der Waals surface area contributed by atoms with Crippen LogP contribution in [0.2, 0.25) is 0 Å². The average molecular weight is 216 g/mol. The molecule has 0 saturated carbocycles. The fourth-order valence-electron chi connectivity index (χ4n) is 0.892. The Kier molecular flexibility index (Phi) is 3.98. The van der Waals surface area contributed by atoms with Crippen molar-refractivity contribution in [1.29, 1.82) is 0 Å². The van der Waals surface area contributed by atoms with Crippen molar-refractivity contribution in [1.82, 2.24) is 5.09 Å². The second-order valence-corrected chi connectivity index (χ2v) is 4.61. The molecule has 0 spiro atoms. The van der Waals surface area contributed by atoms with Crippen LogP contribution in [0.4, 0.5) is 0 Å². The van der Waals surface area contributed by atoms with Gasteiger partial charge in [-0.3, -0.25) is 0 Å². The standard InChI is InChI=1S/C8H13N2O3P/c9-14(12,10-6-7-11)13-8-4-2-1-3-5-8/h1-5,7,10,12,14H,6,9H2. The molecular formula is C8H13N2O3P. The number of hydrogen-bond donors (Lipinski definition) is 3. The van der Waals surface area contributed by atoms with E-state index < -0.39 is 8.02 Å². The van der Waals surface area contributed by atoms with Gasteiger partial charge in [0.2, 0.25) is 0 Å². The van der Waals surface area contributed by atoms with Crippen LogP contribution in [0.25, 0.3) is 0 Å². The molecule has 0 saturated heterocycles. The SMILES string of the molecule is N[PH](O)(NCC=O)Oc1ccccc1. The summed E-state index contributed by atoms with van der Waals surface area (Å²) in [5.74, 6) is 0.475. The van der Waals surface area contributed by atoms with Gasteiger partial charge in [-0.15, -0.1) is 0 Å². The first-order chi connectivity index (χ1) is 6.64.